The molecular weight excluding hydrogens is 761 g/mol. The molecule has 13 nitrogen and oxygen atoms in total. The average Bonchev–Trinajstić information content (AvgIpc) is 3.81. The predicted octanol–water partition coefficient (Wildman–Crippen LogP) is 7.19. The molecule has 2 saturated heterocycles. The lowest BCUT2D eigenvalue weighted by Crippen LogP contribution is -2.53. The second-order valence-corrected chi connectivity index (χ2v) is 17.3. The summed E-state index contributed by atoms with van der Waals surface area (Å²) in [6, 6.07) is 8.05. The second-order valence-electron chi connectivity index (χ2n) is 17.3. The van der Waals surface area contributed by atoms with Crippen molar-refractivity contribution in [3.8, 4) is 22.4 Å². The van der Waals surface area contributed by atoms with Crippen LogP contribution < -0.4 is 10.6 Å². The maximum Gasteiger partial charge on any atom is 0.407 e. The van der Waals surface area contributed by atoms with Crippen molar-refractivity contribution in [1.82, 2.24) is 30.4 Å². The van der Waals surface area contributed by atoms with E-state index in [9.17, 15) is 19.2 Å². The quantitative estimate of drug-likeness (QED) is 0.196. The summed E-state index contributed by atoms with van der Waals surface area (Å²) in [6.07, 6.45) is 6.67. The third kappa shape index (κ3) is 7.26. The number of ether oxygens (including phenoxy) is 2. The second kappa shape index (κ2) is 15.2. The fraction of sp³-hybridized carbons (Fsp3) is 0.500. The summed E-state index contributed by atoms with van der Waals surface area (Å²) >= 11 is 0. The molecule has 1 aromatic heterocycles. The number of aromatic amines is 1. The normalized spacial score (nSPS) is 21.9. The van der Waals surface area contributed by atoms with Crippen LogP contribution in [0.2, 0.25) is 0 Å². The van der Waals surface area contributed by atoms with Crippen molar-refractivity contribution < 1.29 is 37.4 Å². The standard InChI is InChI=1S/C44H51F2N7O6/c1-23(2)36(50-41(56)58-5)39(54)52-15-7-8-34(52)38-48-21-33(49-38)26-10-12-29-28-11-9-25(16-30(28)44(45,46)31(29)17-26)27-18-32(47-20-27)35-19-43(13-14-43)22-53(35)40(55)37(24(3)4)51-42(57)59-6/h9-12,16-17,20-21,23-24,34-37H,7-8,13-15,18-19,22H2,1-6H3,(H,48,49)(H,50,56)(H,51,57)/t34-,35-,36?,37-/m0/s1. The number of carbonyl (C=O) groups is 4. The van der Waals surface area contributed by atoms with Gasteiger partial charge in [-0.05, 0) is 83.8 Å². The molecule has 312 valence electrons. The zero-order chi connectivity index (χ0) is 42.0. The van der Waals surface area contributed by atoms with Crippen molar-refractivity contribution in [2.75, 3.05) is 27.3 Å². The Bertz CT molecular complexity index is 2260. The van der Waals surface area contributed by atoms with Gasteiger partial charge in [0.15, 0.2) is 0 Å². The summed E-state index contributed by atoms with van der Waals surface area (Å²) in [7, 11) is 2.52. The van der Waals surface area contributed by atoms with E-state index >= 15 is 8.78 Å². The minimum Gasteiger partial charge on any atom is -0.453 e. The molecule has 4 amide bonds. The van der Waals surface area contributed by atoms with Crippen molar-refractivity contribution in [3.63, 3.8) is 0 Å². The fourth-order valence-electron chi connectivity index (χ4n) is 9.27. The summed E-state index contributed by atoms with van der Waals surface area (Å²) in [6.45, 7) is 8.55. The number of nitrogens with one attached hydrogen (secondary N) is 3. The van der Waals surface area contributed by atoms with Crippen LogP contribution in [0.5, 0.6) is 0 Å². The number of hydrogen-bond donors (Lipinski definition) is 3. The van der Waals surface area contributed by atoms with Crippen LogP contribution in [0.1, 0.15) is 94.8 Å². The highest BCUT2D eigenvalue weighted by Crippen LogP contribution is 2.56. The Morgan fingerprint density at radius 3 is 2.03 bits per heavy atom. The smallest absolute Gasteiger partial charge is 0.407 e. The molecule has 3 aromatic rings. The number of carbonyl (C=O) groups excluding carboxylic acids is 4. The van der Waals surface area contributed by atoms with Gasteiger partial charge in [-0.3, -0.25) is 14.6 Å². The number of aliphatic imine (C=N–C) groups is 1. The highest BCUT2D eigenvalue weighted by Gasteiger charge is 2.55. The number of likely N-dealkylation sites (tertiary alicyclic amines) is 2. The van der Waals surface area contributed by atoms with Crippen LogP contribution in [0, 0.1) is 17.3 Å². The van der Waals surface area contributed by atoms with Crippen LogP contribution in [-0.4, -0.2) is 94.9 Å². The molecule has 8 rings (SSSR count). The largest absolute Gasteiger partial charge is 0.453 e. The van der Waals surface area contributed by atoms with Crippen molar-refractivity contribution in [3.05, 3.63) is 71.3 Å². The lowest BCUT2D eigenvalue weighted by molar-refractivity contribution is -0.135. The Hall–Kier alpha value is -5.60. The van der Waals surface area contributed by atoms with Crippen LogP contribution in [0.25, 0.3) is 28.0 Å². The molecule has 15 heteroatoms. The molecule has 59 heavy (non-hydrogen) atoms. The van der Waals surface area contributed by atoms with Crippen molar-refractivity contribution in [2.24, 2.45) is 22.2 Å². The molecule has 4 atom stereocenters. The molecule has 0 bridgehead atoms. The Kier molecular flexibility index (Phi) is 10.4. The number of amides is 4. The molecule has 3 N–H and O–H groups in total. The highest BCUT2D eigenvalue weighted by atomic mass is 19.3. The van der Waals surface area contributed by atoms with Gasteiger partial charge in [-0.2, -0.15) is 8.78 Å². The number of H-pyrrole nitrogens is 1. The van der Waals surface area contributed by atoms with Crippen LogP contribution in [0.3, 0.4) is 0 Å². The number of methoxy groups -OCH3 is 2. The van der Waals surface area contributed by atoms with Crippen molar-refractivity contribution in [1.29, 1.82) is 0 Å². The van der Waals surface area contributed by atoms with E-state index in [0.717, 1.165) is 37.0 Å². The van der Waals surface area contributed by atoms with E-state index in [-0.39, 0.29) is 52.3 Å². The lowest BCUT2D eigenvalue weighted by Gasteiger charge is -2.31. The summed E-state index contributed by atoms with van der Waals surface area (Å²) in [5.74, 6) is -3.47. The summed E-state index contributed by atoms with van der Waals surface area (Å²) in [4.78, 5) is 67.9. The molecule has 1 unspecified atom stereocenters. The number of alkyl carbamates (subject to hydrolysis) is 2. The maximum atomic E-state index is 16.5. The Morgan fingerprint density at radius 1 is 0.847 bits per heavy atom. The summed E-state index contributed by atoms with van der Waals surface area (Å²) in [5.41, 5.74) is 4.16. The van der Waals surface area contributed by atoms with E-state index in [2.05, 4.69) is 20.6 Å². The first-order valence-electron chi connectivity index (χ1n) is 20.4. The molecule has 4 heterocycles. The summed E-state index contributed by atoms with van der Waals surface area (Å²) < 4.78 is 42.6. The van der Waals surface area contributed by atoms with E-state index in [0.29, 0.717) is 59.7 Å². The first-order valence-corrected chi connectivity index (χ1v) is 20.4. The van der Waals surface area contributed by atoms with Gasteiger partial charge in [0, 0.05) is 48.1 Å². The minimum absolute atomic E-state index is 0.0495. The summed E-state index contributed by atoms with van der Waals surface area (Å²) in [5, 5.41) is 5.36. The number of aromatic nitrogens is 2. The third-order valence-electron chi connectivity index (χ3n) is 12.8. The molecule has 2 aromatic carbocycles. The van der Waals surface area contributed by atoms with Gasteiger partial charge in [-0.1, -0.05) is 52.0 Å². The molecule has 1 spiro atoms. The van der Waals surface area contributed by atoms with E-state index < -0.39 is 30.2 Å². The molecular formula is C44H51F2N7O6. The number of rotatable bonds is 10. The Balaban J connectivity index is 0.982. The van der Waals surface area contributed by atoms with E-state index in [1.54, 1.807) is 41.6 Å². The number of fused-ring (bicyclic) bond motifs is 3. The maximum absolute atomic E-state index is 16.5. The zero-order valence-corrected chi connectivity index (χ0v) is 34.2. The Morgan fingerprint density at radius 2 is 1.44 bits per heavy atom. The number of hydrogen-bond acceptors (Lipinski definition) is 8. The number of nitrogens with zero attached hydrogens (tertiary/aromatic N) is 4. The SMILES string of the molecule is COC(=O)NC(C(=O)N1CCC[C@H]1c1ncc(-c2ccc3c(c2)C(F)(F)c2cc(C4=CN=C([C@@H]5CC6(CC6)CN5C(=O)[C@@H](NC(=O)OC)C(C)C)C4)ccc2-3)[nH]1)C(C)C. The number of halogens is 2. The molecule has 0 radical (unpaired) electrons. The molecule has 3 fully saturated rings. The van der Waals surface area contributed by atoms with Crippen LogP contribution in [-0.2, 0) is 25.0 Å². The Labute approximate surface area is 342 Å². The first-order chi connectivity index (χ1) is 28.1. The number of allylic oxidation sites excluding steroid dienone is 1. The number of alkyl halides is 2. The van der Waals surface area contributed by atoms with Crippen LogP contribution in [0.4, 0.5) is 18.4 Å². The van der Waals surface area contributed by atoms with Crippen molar-refractivity contribution in [2.45, 2.75) is 96.3 Å². The van der Waals surface area contributed by atoms with E-state index in [4.69, 9.17) is 14.5 Å². The molecule has 2 aliphatic carbocycles. The highest BCUT2D eigenvalue weighted by molar-refractivity contribution is 6.04. The van der Waals surface area contributed by atoms with Gasteiger partial charge in [-0.15, -0.1) is 0 Å². The van der Waals surface area contributed by atoms with Gasteiger partial charge in [0.25, 0.3) is 5.92 Å². The minimum atomic E-state index is -3.28. The molecule has 3 aliphatic heterocycles. The van der Waals surface area contributed by atoms with Crippen LogP contribution >= 0.6 is 0 Å². The van der Waals surface area contributed by atoms with Crippen LogP contribution in [0.15, 0.2) is 53.8 Å². The van der Waals surface area contributed by atoms with Gasteiger partial charge >= 0.3 is 12.2 Å². The van der Waals surface area contributed by atoms with Gasteiger partial charge in [0.05, 0.1) is 38.2 Å². The topological polar surface area (TPSA) is 158 Å². The number of benzene rings is 2. The lowest BCUT2D eigenvalue weighted by atomic mass is 9.93. The van der Waals surface area contributed by atoms with E-state index in [1.807, 2.05) is 38.7 Å². The van der Waals surface area contributed by atoms with Gasteiger partial charge in [0.1, 0.15) is 17.9 Å². The van der Waals surface area contributed by atoms with Gasteiger partial charge < -0.3 is 34.9 Å². The average molecular weight is 812 g/mol. The third-order valence-corrected chi connectivity index (χ3v) is 12.8. The van der Waals surface area contributed by atoms with Gasteiger partial charge in [-0.25, -0.2) is 14.6 Å². The monoisotopic (exact) mass is 811 g/mol. The zero-order valence-electron chi connectivity index (χ0n) is 34.2. The van der Waals surface area contributed by atoms with Crippen molar-refractivity contribution >= 4 is 35.3 Å². The molecule has 1 saturated carbocycles. The fourth-order valence-corrected chi connectivity index (χ4v) is 9.27. The predicted molar refractivity (Wildman–Crippen MR) is 216 cm³/mol. The number of imidazole rings is 1. The first kappa shape index (κ1) is 40.2. The van der Waals surface area contributed by atoms with E-state index in [1.165, 1.54) is 20.3 Å². The molecule has 5 aliphatic rings. The van der Waals surface area contributed by atoms with Gasteiger partial charge in [0.2, 0.25) is 11.8 Å².